The van der Waals surface area contributed by atoms with Crippen molar-refractivity contribution in [2.75, 3.05) is 19.0 Å². The number of urea groups is 1. The zero-order valence-corrected chi connectivity index (χ0v) is 17.0. The fourth-order valence-corrected chi connectivity index (χ4v) is 3.52. The maximum atomic E-state index is 12.9. The largest absolute Gasteiger partial charge is 0.497 e. The van der Waals surface area contributed by atoms with E-state index in [-0.39, 0.29) is 0 Å². The van der Waals surface area contributed by atoms with Crippen LogP contribution in [0.5, 0.6) is 5.75 Å². The smallest absolute Gasteiger partial charge is 0.325 e. The summed E-state index contributed by atoms with van der Waals surface area (Å²) in [4.78, 5) is 38.7. The first-order chi connectivity index (χ1) is 14.2. The molecule has 1 unspecified atom stereocenters. The molecule has 7 nitrogen and oxygen atoms in total. The van der Waals surface area contributed by atoms with E-state index < -0.39 is 35.7 Å². The van der Waals surface area contributed by atoms with Crippen molar-refractivity contribution >= 4 is 35.3 Å². The Labute approximate surface area is 175 Å². The van der Waals surface area contributed by atoms with Crippen molar-refractivity contribution in [1.82, 2.24) is 10.2 Å². The molecule has 0 aromatic heterocycles. The Morgan fingerprint density at radius 3 is 2.37 bits per heavy atom. The molecule has 3 rings (SSSR count). The van der Waals surface area contributed by atoms with Gasteiger partial charge in [-0.25, -0.2) is 4.79 Å². The number of rotatable bonds is 7. The van der Waals surface area contributed by atoms with E-state index >= 15 is 0 Å². The summed E-state index contributed by atoms with van der Waals surface area (Å²) < 4.78 is 29.8. The summed E-state index contributed by atoms with van der Waals surface area (Å²) in [6.07, 6.45) is 0. The van der Waals surface area contributed by atoms with Gasteiger partial charge in [-0.05, 0) is 48.9 Å². The molecule has 1 fully saturated rings. The van der Waals surface area contributed by atoms with Crippen LogP contribution in [0.4, 0.5) is 19.3 Å². The number of methoxy groups -OCH3 is 1. The van der Waals surface area contributed by atoms with Crippen LogP contribution in [0.3, 0.4) is 0 Å². The van der Waals surface area contributed by atoms with Crippen LogP contribution in [0, 0.1) is 0 Å². The second-order valence-corrected chi connectivity index (χ2v) is 7.69. The van der Waals surface area contributed by atoms with E-state index in [4.69, 9.17) is 4.74 Å². The summed E-state index contributed by atoms with van der Waals surface area (Å²) in [6.45, 7) is 1.08. The molecule has 2 N–H and O–H groups in total. The molecule has 4 amide bonds. The molecule has 0 bridgehead atoms. The van der Waals surface area contributed by atoms with Crippen LogP contribution in [-0.2, 0) is 15.1 Å². The van der Waals surface area contributed by atoms with E-state index in [0.717, 1.165) is 4.90 Å². The molecule has 2 aromatic carbocycles. The second-order valence-electron chi connectivity index (χ2n) is 6.63. The van der Waals surface area contributed by atoms with Crippen LogP contribution < -0.4 is 15.4 Å². The molecule has 1 atom stereocenters. The highest BCUT2D eigenvalue weighted by Gasteiger charge is 2.49. The number of hydrogen-bond donors (Lipinski definition) is 2. The minimum atomic E-state index is -2.54. The predicted molar refractivity (Wildman–Crippen MR) is 108 cm³/mol. The summed E-state index contributed by atoms with van der Waals surface area (Å²) >= 11 is 0.393. The first kappa shape index (κ1) is 21.6. The first-order valence-corrected chi connectivity index (χ1v) is 9.74. The molecule has 158 valence electrons. The van der Waals surface area contributed by atoms with Crippen LogP contribution in [0.2, 0.25) is 0 Å². The number of thioether (sulfide) groups is 1. The summed E-state index contributed by atoms with van der Waals surface area (Å²) in [5.41, 5.74) is -0.391. The van der Waals surface area contributed by atoms with Gasteiger partial charge in [0.2, 0.25) is 5.91 Å². The van der Waals surface area contributed by atoms with Gasteiger partial charge >= 0.3 is 6.03 Å². The third-order valence-corrected chi connectivity index (χ3v) is 5.33. The van der Waals surface area contributed by atoms with Crippen molar-refractivity contribution in [3.63, 3.8) is 0 Å². The summed E-state index contributed by atoms with van der Waals surface area (Å²) in [7, 11) is 1.52. The van der Waals surface area contributed by atoms with E-state index in [1.54, 1.807) is 31.2 Å². The zero-order valence-electron chi connectivity index (χ0n) is 16.1. The van der Waals surface area contributed by atoms with Crippen LogP contribution in [0.25, 0.3) is 0 Å². The van der Waals surface area contributed by atoms with Gasteiger partial charge in [0.15, 0.2) is 0 Å². The highest BCUT2D eigenvalue weighted by molar-refractivity contribution is 7.99. The van der Waals surface area contributed by atoms with Crippen molar-refractivity contribution in [2.45, 2.75) is 23.1 Å². The Bertz CT molecular complexity index is 954. The zero-order chi connectivity index (χ0) is 21.9. The lowest BCUT2D eigenvalue weighted by Gasteiger charge is -2.22. The molecule has 2 aromatic rings. The minimum Gasteiger partial charge on any atom is -0.497 e. The Morgan fingerprint density at radius 2 is 1.80 bits per heavy atom. The van der Waals surface area contributed by atoms with Crippen molar-refractivity contribution in [3.8, 4) is 5.75 Å². The van der Waals surface area contributed by atoms with Crippen LogP contribution in [0.1, 0.15) is 12.5 Å². The molecular weight excluding hydrogens is 416 g/mol. The number of carbonyl (C=O) groups excluding carboxylic acids is 3. The Balaban J connectivity index is 1.66. The lowest BCUT2D eigenvalue weighted by Crippen LogP contribution is -2.42. The fraction of sp³-hybridized carbons (Fsp3) is 0.250. The fourth-order valence-electron chi connectivity index (χ4n) is 3.02. The van der Waals surface area contributed by atoms with Crippen LogP contribution >= 0.6 is 11.8 Å². The third-order valence-electron chi connectivity index (χ3n) is 4.61. The first-order valence-electron chi connectivity index (χ1n) is 8.86. The normalized spacial score (nSPS) is 18.5. The van der Waals surface area contributed by atoms with Gasteiger partial charge in [-0.1, -0.05) is 23.9 Å². The molecule has 1 heterocycles. The summed E-state index contributed by atoms with van der Waals surface area (Å²) in [5, 5.41) is 5.17. The average molecular weight is 435 g/mol. The number of imide groups is 1. The number of alkyl halides is 2. The van der Waals surface area contributed by atoms with Gasteiger partial charge in [0, 0.05) is 10.6 Å². The molecule has 0 saturated carbocycles. The topological polar surface area (TPSA) is 87.7 Å². The molecule has 1 aliphatic rings. The molecule has 1 aliphatic heterocycles. The molecule has 1 saturated heterocycles. The van der Waals surface area contributed by atoms with E-state index in [1.807, 2.05) is 0 Å². The lowest BCUT2D eigenvalue weighted by atomic mass is 9.92. The third kappa shape index (κ3) is 4.54. The summed E-state index contributed by atoms with van der Waals surface area (Å²) in [5.74, 6) is -3.08. The number of nitrogens with one attached hydrogen (secondary N) is 2. The maximum Gasteiger partial charge on any atom is 0.325 e. The van der Waals surface area contributed by atoms with E-state index in [2.05, 4.69) is 10.6 Å². The van der Waals surface area contributed by atoms with Gasteiger partial charge < -0.3 is 15.4 Å². The number of anilines is 1. The van der Waals surface area contributed by atoms with Crippen molar-refractivity contribution in [3.05, 3.63) is 54.1 Å². The Kier molecular flexibility index (Phi) is 6.25. The van der Waals surface area contributed by atoms with Crippen LogP contribution in [-0.4, -0.2) is 42.2 Å². The number of hydrogen-bond acceptors (Lipinski definition) is 5. The van der Waals surface area contributed by atoms with Gasteiger partial charge in [-0.2, -0.15) is 8.78 Å². The van der Waals surface area contributed by atoms with Crippen molar-refractivity contribution < 1.29 is 27.9 Å². The van der Waals surface area contributed by atoms with Crippen LogP contribution in [0.15, 0.2) is 53.4 Å². The molecule has 0 spiro atoms. The number of ether oxygens (including phenoxy) is 1. The maximum absolute atomic E-state index is 12.9. The van der Waals surface area contributed by atoms with Gasteiger partial charge in [0.05, 0.1) is 7.11 Å². The Hall–Kier alpha value is -3.14. The SMILES string of the molecule is COc1ccc(C2(C)NC(=O)N(CC(=O)Nc3ccc(SC(F)F)cc3)C2=O)cc1. The number of halogens is 2. The van der Waals surface area contributed by atoms with Crippen molar-refractivity contribution in [1.29, 1.82) is 0 Å². The number of nitrogens with zero attached hydrogens (tertiary/aromatic N) is 1. The molecule has 0 radical (unpaired) electrons. The molecule has 0 aliphatic carbocycles. The standard InChI is InChI=1S/C20H19F2N3O4S/c1-20(12-3-7-14(29-2)8-4-12)17(27)25(19(28)24-20)11-16(26)23-13-5-9-15(10-6-13)30-18(21)22/h3-10,18H,11H2,1-2H3,(H,23,26)(H,24,28). The van der Waals surface area contributed by atoms with Gasteiger partial charge in [0.25, 0.3) is 11.7 Å². The average Bonchev–Trinajstić information content (AvgIpc) is 2.93. The Morgan fingerprint density at radius 1 is 1.17 bits per heavy atom. The summed E-state index contributed by atoms with van der Waals surface area (Å²) in [6, 6.07) is 11.8. The second kappa shape index (κ2) is 8.70. The molecule has 30 heavy (non-hydrogen) atoms. The molecular formula is C20H19F2N3O4S. The highest BCUT2D eigenvalue weighted by Crippen LogP contribution is 2.30. The lowest BCUT2D eigenvalue weighted by molar-refractivity contribution is -0.133. The van der Waals surface area contributed by atoms with E-state index in [0.29, 0.717) is 33.7 Å². The van der Waals surface area contributed by atoms with E-state index in [9.17, 15) is 23.2 Å². The van der Waals surface area contributed by atoms with Crippen molar-refractivity contribution in [2.24, 2.45) is 0 Å². The molecule has 10 heteroatoms. The monoisotopic (exact) mass is 435 g/mol. The van der Waals surface area contributed by atoms with E-state index in [1.165, 1.54) is 31.4 Å². The quantitative estimate of drug-likeness (QED) is 0.514. The van der Waals surface area contributed by atoms with Gasteiger partial charge in [-0.3, -0.25) is 14.5 Å². The number of carbonyl (C=O) groups is 3. The number of amides is 4. The van der Waals surface area contributed by atoms with Gasteiger partial charge in [-0.15, -0.1) is 0 Å². The highest BCUT2D eigenvalue weighted by atomic mass is 32.2. The van der Waals surface area contributed by atoms with Gasteiger partial charge in [0.1, 0.15) is 17.8 Å². The minimum absolute atomic E-state index is 0.354. The predicted octanol–water partition coefficient (Wildman–Crippen LogP) is 3.42. The number of benzene rings is 2.